The molecule has 70 valence electrons. The molecule has 0 N–H and O–H groups in total. The number of alkyl halides is 1. The Hall–Kier alpha value is -0.960. The zero-order valence-corrected chi connectivity index (χ0v) is 7.56. The molecule has 1 nitrogen and oxygen atoms in total. The van der Waals surface area contributed by atoms with E-state index in [1.165, 1.54) is 6.20 Å². The molecule has 0 radical (unpaired) electrons. The summed E-state index contributed by atoms with van der Waals surface area (Å²) in [6.07, 6.45) is 5.39. The number of aromatic nitrogens is 1. The van der Waals surface area contributed by atoms with Gasteiger partial charge in [0.1, 0.15) is 0 Å². The maximum Gasteiger partial charge on any atom is 0.248 e. The van der Waals surface area contributed by atoms with Crippen LogP contribution in [-0.4, -0.2) is 10.9 Å². The lowest BCUT2D eigenvalue weighted by atomic mass is 10.2. The van der Waals surface area contributed by atoms with Crippen LogP contribution < -0.4 is 0 Å². The highest BCUT2D eigenvalue weighted by Crippen LogP contribution is 2.07. The first kappa shape index (κ1) is 10.1. The normalized spacial score (nSPS) is 11.0. The van der Waals surface area contributed by atoms with Gasteiger partial charge in [-0.15, -0.1) is 11.6 Å². The van der Waals surface area contributed by atoms with E-state index in [2.05, 4.69) is 4.98 Å². The highest BCUT2D eigenvalue weighted by molar-refractivity contribution is 6.17. The molecule has 0 saturated carbocycles. The molecule has 0 saturated heterocycles. The summed E-state index contributed by atoms with van der Waals surface area (Å²) in [6.45, 7) is 0. The summed E-state index contributed by atoms with van der Waals surface area (Å²) in [7, 11) is 0. The van der Waals surface area contributed by atoms with Crippen molar-refractivity contribution in [2.45, 2.75) is 6.42 Å². The Morgan fingerprint density at radius 2 is 2.23 bits per heavy atom. The van der Waals surface area contributed by atoms with Gasteiger partial charge < -0.3 is 0 Å². The van der Waals surface area contributed by atoms with E-state index in [1.54, 1.807) is 12.2 Å². The molecule has 1 heterocycles. The summed E-state index contributed by atoms with van der Waals surface area (Å²) in [5.41, 5.74) is 0.531. The maximum absolute atomic E-state index is 12.6. The van der Waals surface area contributed by atoms with Crippen LogP contribution in [0.1, 0.15) is 12.0 Å². The van der Waals surface area contributed by atoms with Crippen molar-refractivity contribution in [1.29, 1.82) is 0 Å². The lowest BCUT2D eigenvalue weighted by Gasteiger charge is -1.93. The lowest BCUT2D eigenvalue weighted by molar-refractivity contribution is 0.479. The minimum Gasteiger partial charge on any atom is -0.225 e. The molecule has 1 aromatic rings. The van der Waals surface area contributed by atoms with Gasteiger partial charge in [-0.1, -0.05) is 12.2 Å². The van der Waals surface area contributed by atoms with Crippen molar-refractivity contribution in [2.75, 3.05) is 5.88 Å². The van der Waals surface area contributed by atoms with Gasteiger partial charge in [0, 0.05) is 12.1 Å². The smallest absolute Gasteiger partial charge is 0.225 e. The van der Waals surface area contributed by atoms with Gasteiger partial charge in [0.15, 0.2) is 5.82 Å². The van der Waals surface area contributed by atoms with Crippen molar-refractivity contribution in [3.8, 4) is 0 Å². The first-order valence-corrected chi connectivity index (χ1v) is 4.31. The zero-order chi connectivity index (χ0) is 9.68. The Morgan fingerprint density at radius 1 is 1.46 bits per heavy atom. The minimum absolute atomic E-state index is 0.508. The highest BCUT2D eigenvalue weighted by atomic mass is 35.5. The second-order valence-electron chi connectivity index (χ2n) is 2.42. The molecule has 0 aliphatic carbocycles. The monoisotopic (exact) mass is 203 g/mol. The average molecular weight is 204 g/mol. The topological polar surface area (TPSA) is 12.9 Å². The molecule has 0 aromatic carbocycles. The third-order valence-electron chi connectivity index (χ3n) is 1.40. The van der Waals surface area contributed by atoms with Crippen molar-refractivity contribution in [2.24, 2.45) is 0 Å². The van der Waals surface area contributed by atoms with Crippen LogP contribution >= 0.6 is 11.6 Å². The summed E-state index contributed by atoms with van der Waals surface area (Å²) in [5, 5.41) is 0. The van der Waals surface area contributed by atoms with Crippen LogP contribution in [0.25, 0.3) is 6.08 Å². The van der Waals surface area contributed by atoms with Gasteiger partial charge in [0.25, 0.3) is 0 Å². The molecule has 1 rings (SSSR count). The van der Waals surface area contributed by atoms with Gasteiger partial charge in [-0.25, -0.2) is 9.37 Å². The Kier molecular flexibility index (Phi) is 3.83. The maximum atomic E-state index is 12.6. The van der Waals surface area contributed by atoms with Gasteiger partial charge in [-0.3, -0.25) is 0 Å². The largest absolute Gasteiger partial charge is 0.248 e. The minimum atomic E-state index is -1.07. The summed E-state index contributed by atoms with van der Waals surface area (Å²) >= 11 is 5.42. The summed E-state index contributed by atoms with van der Waals surface area (Å²) < 4.78 is 24.9. The van der Waals surface area contributed by atoms with Gasteiger partial charge in [0.2, 0.25) is 5.95 Å². The van der Waals surface area contributed by atoms with Gasteiger partial charge in [-0.2, -0.15) is 4.39 Å². The van der Waals surface area contributed by atoms with Gasteiger partial charge in [-0.05, 0) is 18.1 Å². The Balaban J connectivity index is 2.73. The number of nitrogens with zero attached hydrogens (tertiary/aromatic N) is 1. The van der Waals surface area contributed by atoms with E-state index in [1.807, 2.05) is 0 Å². The standard InChI is InChI=1S/C9H8ClF2N/c10-4-2-1-3-7-5-8(11)9(12)13-6-7/h1,3,5-6H,2,4H2. The van der Waals surface area contributed by atoms with Crippen molar-refractivity contribution in [1.82, 2.24) is 4.98 Å². The van der Waals surface area contributed by atoms with Crippen LogP contribution in [0.2, 0.25) is 0 Å². The molecule has 0 fully saturated rings. The van der Waals surface area contributed by atoms with E-state index in [0.717, 1.165) is 6.07 Å². The second kappa shape index (κ2) is 4.92. The van der Waals surface area contributed by atoms with E-state index < -0.39 is 11.8 Å². The van der Waals surface area contributed by atoms with Crippen LogP contribution in [0.15, 0.2) is 18.3 Å². The van der Waals surface area contributed by atoms with Crippen LogP contribution in [0.5, 0.6) is 0 Å². The third kappa shape index (κ3) is 3.11. The quantitative estimate of drug-likeness (QED) is 0.544. The average Bonchev–Trinajstić information content (AvgIpc) is 2.12. The molecule has 0 amide bonds. The van der Waals surface area contributed by atoms with Crippen molar-refractivity contribution < 1.29 is 8.78 Å². The fourth-order valence-electron chi connectivity index (χ4n) is 0.810. The molecule has 0 atom stereocenters. The SMILES string of the molecule is Fc1cc(C=CCCCl)cnc1F. The number of pyridine rings is 1. The molecule has 0 bridgehead atoms. The molecule has 13 heavy (non-hydrogen) atoms. The summed E-state index contributed by atoms with van der Waals surface area (Å²) in [4.78, 5) is 3.23. The molecule has 0 aliphatic rings. The third-order valence-corrected chi connectivity index (χ3v) is 1.62. The second-order valence-corrected chi connectivity index (χ2v) is 2.80. The first-order valence-electron chi connectivity index (χ1n) is 3.77. The Labute approximate surface area is 80.1 Å². The van der Waals surface area contributed by atoms with Crippen LogP contribution in [-0.2, 0) is 0 Å². The van der Waals surface area contributed by atoms with Crippen molar-refractivity contribution in [3.05, 3.63) is 35.7 Å². The van der Waals surface area contributed by atoms with E-state index >= 15 is 0 Å². The summed E-state index contributed by atoms with van der Waals surface area (Å²) in [5.74, 6) is -1.50. The Morgan fingerprint density at radius 3 is 2.85 bits per heavy atom. The molecule has 4 heteroatoms. The van der Waals surface area contributed by atoms with E-state index in [9.17, 15) is 8.78 Å². The summed E-state index contributed by atoms with van der Waals surface area (Å²) in [6, 6.07) is 1.09. The van der Waals surface area contributed by atoms with E-state index in [-0.39, 0.29) is 0 Å². The van der Waals surface area contributed by atoms with Crippen molar-refractivity contribution in [3.63, 3.8) is 0 Å². The number of halogens is 3. The van der Waals surface area contributed by atoms with Crippen molar-refractivity contribution >= 4 is 17.7 Å². The number of allylic oxidation sites excluding steroid dienone is 1. The fourth-order valence-corrected chi connectivity index (χ4v) is 0.936. The molecule has 0 spiro atoms. The first-order chi connectivity index (χ1) is 6.24. The van der Waals surface area contributed by atoms with Crippen LogP contribution in [0.4, 0.5) is 8.78 Å². The van der Waals surface area contributed by atoms with E-state index in [4.69, 9.17) is 11.6 Å². The molecular weight excluding hydrogens is 196 g/mol. The van der Waals surface area contributed by atoms with E-state index in [0.29, 0.717) is 17.9 Å². The highest BCUT2D eigenvalue weighted by Gasteiger charge is 2.01. The molecule has 1 aromatic heterocycles. The molecule has 0 aliphatic heterocycles. The predicted octanol–water partition coefficient (Wildman–Crippen LogP) is 3.00. The fraction of sp³-hybridized carbons (Fsp3) is 0.222. The lowest BCUT2D eigenvalue weighted by Crippen LogP contribution is -1.89. The van der Waals surface area contributed by atoms with Crippen LogP contribution in [0.3, 0.4) is 0 Å². The van der Waals surface area contributed by atoms with Gasteiger partial charge >= 0.3 is 0 Å². The zero-order valence-electron chi connectivity index (χ0n) is 6.80. The number of rotatable bonds is 3. The number of hydrogen-bond acceptors (Lipinski definition) is 1. The Bertz CT molecular complexity index is 312. The van der Waals surface area contributed by atoms with Crippen LogP contribution in [0, 0.1) is 11.8 Å². The van der Waals surface area contributed by atoms with Gasteiger partial charge in [0.05, 0.1) is 0 Å². The molecular formula is C9H8ClF2N. The predicted molar refractivity (Wildman–Crippen MR) is 48.5 cm³/mol. The molecule has 0 unspecified atom stereocenters. The number of hydrogen-bond donors (Lipinski definition) is 0.